The highest BCUT2D eigenvalue weighted by Gasteiger charge is 2.18. The van der Waals surface area contributed by atoms with Gasteiger partial charge in [-0.25, -0.2) is 9.48 Å². The Morgan fingerprint density at radius 1 is 1.20 bits per heavy atom. The Balaban J connectivity index is 1.79. The van der Waals surface area contributed by atoms with Crippen molar-refractivity contribution in [2.75, 3.05) is 0 Å². The number of hydrogen-bond acceptors (Lipinski definition) is 4. The van der Waals surface area contributed by atoms with Crippen molar-refractivity contribution in [3.63, 3.8) is 0 Å². The highest BCUT2D eigenvalue weighted by molar-refractivity contribution is 5.96. The molecule has 0 radical (unpaired) electrons. The fraction of sp³-hybridized carbons (Fsp3) is 0.222. The van der Waals surface area contributed by atoms with Crippen LogP contribution in [0.15, 0.2) is 48.5 Å². The van der Waals surface area contributed by atoms with Gasteiger partial charge in [0.1, 0.15) is 11.6 Å². The maximum Gasteiger partial charge on any atom is 0.326 e. The second-order valence-corrected chi connectivity index (χ2v) is 5.71. The third kappa shape index (κ3) is 3.65. The van der Waals surface area contributed by atoms with Crippen LogP contribution in [-0.4, -0.2) is 38.0 Å². The van der Waals surface area contributed by atoms with E-state index in [2.05, 4.69) is 15.6 Å². The second-order valence-electron chi connectivity index (χ2n) is 5.71. The standard InChI is InChI=1S/C18H18N4O3/c1-2-14(18(24)25)19-17(23)13-7-5-6-12(10-13)11-22-16-9-4-3-8-15(16)20-21-22/h3-10,14H,2,11H2,1H3,(H,19,23)(H,24,25). The van der Waals surface area contributed by atoms with E-state index in [4.69, 9.17) is 5.11 Å². The van der Waals surface area contributed by atoms with Gasteiger partial charge >= 0.3 is 5.97 Å². The molecule has 0 aliphatic carbocycles. The lowest BCUT2D eigenvalue weighted by Gasteiger charge is -2.12. The molecule has 0 aliphatic rings. The van der Waals surface area contributed by atoms with Gasteiger partial charge in [0.15, 0.2) is 0 Å². The minimum absolute atomic E-state index is 0.325. The first-order valence-electron chi connectivity index (χ1n) is 7.99. The fourth-order valence-corrected chi connectivity index (χ4v) is 2.60. The number of carboxylic acid groups (broad SMARTS) is 1. The van der Waals surface area contributed by atoms with Crippen molar-refractivity contribution >= 4 is 22.9 Å². The predicted molar refractivity (Wildman–Crippen MR) is 92.3 cm³/mol. The molecule has 0 spiro atoms. The number of hydrogen-bond donors (Lipinski definition) is 2. The molecule has 0 fully saturated rings. The topological polar surface area (TPSA) is 97.1 Å². The molecule has 1 aromatic heterocycles. The first-order chi connectivity index (χ1) is 12.1. The normalized spacial score (nSPS) is 12.0. The van der Waals surface area contributed by atoms with Crippen LogP contribution in [0.3, 0.4) is 0 Å². The summed E-state index contributed by atoms with van der Waals surface area (Å²) in [5, 5.41) is 19.8. The van der Waals surface area contributed by atoms with E-state index >= 15 is 0 Å². The van der Waals surface area contributed by atoms with Gasteiger partial charge in [-0.15, -0.1) is 5.10 Å². The van der Waals surface area contributed by atoms with Gasteiger partial charge in [0.25, 0.3) is 5.91 Å². The van der Waals surface area contributed by atoms with E-state index in [1.165, 1.54) is 0 Å². The Kier molecular flexibility index (Phi) is 4.74. The number of carboxylic acids is 1. The quantitative estimate of drug-likeness (QED) is 0.717. The van der Waals surface area contributed by atoms with Crippen molar-refractivity contribution in [1.29, 1.82) is 0 Å². The Morgan fingerprint density at radius 3 is 2.76 bits per heavy atom. The summed E-state index contributed by atoms with van der Waals surface area (Å²) in [6, 6.07) is 13.8. The van der Waals surface area contributed by atoms with E-state index in [1.54, 1.807) is 29.8 Å². The van der Waals surface area contributed by atoms with Gasteiger partial charge in [-0.3, -0.25) is 4.79 Å². The summed E-state index contributed by atoms with van der Waals surface area (Å²) in [7, 11) is 0. The van der Waals surface area contributed by atoms with E-state index in [0.717, 1.165) is 16.6 Å². The van der Waals surface area contributed by atoms with Crippen molar-refractivity contribution in [1.82, 2.24) is 20.3 Å². The lowest BCUT2D eigenvalue weighted by atomic mass is 10.1. The number of carbonyl (C=O) groups is 2. The number of para-hydroxylation sites is 1. The van der Waals surface area contributed by atoms with Crippen molar-refractivity contribution in [2.24, 2.45) is 0 Å². The van der Waals surface area contributed by atoms with Crippen molar-refractivity contribution in [3.8, 4) is 0 Å². The molecule has 0 bridgehead atoms. The third-order valence-corrected chi connectivity index (χ3v) is 3.95. The number of nitrogens with one attached hydrogen (secondary N) is 1. The molecule has 3 rings (SSSR count). The molecule has 128 valence electrons. The van der Waals surface area contributed by atoms with Crippen LogP contribution >= 0.6 is 0 Å². The lowest BCUT2D eigenvalue weighted by Crippen LogP contribution is -2.40. The highest BCUT2D eigenvalue weighted by atomic mass is 16.4. The summed E-state index contributed by atoms with van der Waals surface area (Å²) in [6.07, 6.45) is 0.325. The monoisotopic (exact) mass is 338 g/mol. The van der Waals surface area contributed by atoms with Gasteiger partial charge in [0.2, 0.25) is 0 Å². The zero-order valence-corrected chi connectivity index (χ0v) is 13.7. The number of fused-ring (bicyclic) bond motifs is 1. The van der Waals surface area contributed by atoms with Gasteiger partial charge < -0.3 is 10.4 Å². The Morgan fingerprint density at radius 2 is 2.00 bits per heavy atom. The minimum atomic E-state index is -1.04. The summed E-state index contributed by atoms with van der Waals surface area (Å²) in [5.74, 6) is -1.44. The molecule has 1 unspecified atom stereocenters. The van der Waals surface area contributed by atoms with Crippen LogP contribution in [0.5, 0.6) is 0 Å². The number of rotatable bonds is 6. The van der Waals surface area contributed by atoms with Gasteiger partial charge in [-0.05, 0) is 36.2 Å². The molecule has 0 saturated heterocycles. The number of aliphatic carboxylic acids is 1. The third-order valence-electron chi connectivity index (χ3n) is 3.95. The van der Waals surface area contributed by atoms with Crippen LogP contribution in [0.25, 0.3) is 11.0 Å². The van der Waals surface area contributed by atoms with Crippen LogP contribution < -0.4 is 5.32 Å². The Bertz CT molecular complexity index is 919. The lowest BCUT2D eigenvalue weighted by molar-refractivity contribution is -0.139. The molecule has 0 saturated carbocycles. The van der Waals surface area contributed by atoms with Gasteiger partial charge in [-0.2, -0.15) is 0 Å². The van der Waals surface area contributed by atoms with Crippen molar-refractivity contribution < 1.29 is 14.7 Å². The van der Waals surface area contributed by atoms with Crippen molar-refractivity contribution in [2.45, 2.75) is 25.9 Å². The maximum atomic E-state index is 12.3. The summed E-state index contributed by atoms with van der Waals surface area (Å²) < 4.78 is 1.76. The largest absolute Gasteiger partial charge is 0.480 e. The molecule has 1 heterocycles. The molecule has 7 heteroatoms. The first-order valence-corrected chi connectivity index (χ1v) is 7.99. The fourth-order valence-electron chi connectivity index (χ4n) is 2.60. The number of carbonyl (C=O) groups excluding carboxylic acids is 1. The molecule has 25 heavy (non-hydrogen) atoms. The highest BCUT2D eigenvalue weighted by Crippen LogP contribution is 2.13. The average molecular weight is 338 g/mol. The van der Waals surface area contributed by atoms with Gasteiger partial charge in [0.05, 0.1) is 12.1 Å². The van der Waals surface area contributed by atoms with Crippen molar-refractivity contribution in [3.05, 3.63) is 59.7 Å². The zero-order valence-electron chi connectivity index (χ0n) is 13.7. The predicted octanol–water partition coefficient (Wildman–Crippen LogP) is 2.07. The number of amides is 1. The number of aromatic nitrogens is 3. The second kappa shape index (κ2) is 7.12. The Labute approximate surface area is 144 Å². The molecular weight excluding hydrogens is 320 g/mol. The average Bonchev–Trinajstić information content (AvgIpc) is 3.02. The molecule has 3 aromatic rings. The zero-order chi connectivity index (χ0) is 17.8. The molecule has 7 nitrogen and oxygen atoms in total. The van der Waals surface area contributed by atoms with Crippen LogP contribution in [0.1, 0.15) is 29.3 Å². The molecule has 2 N–H and O–H groups in total. The molecule has 1 amide bonds. The van der Waals surface area contributed by atoms with Crippen LogP contribution in [0.2, 0.25) is 0 Å². The van der Waals surface area contributed by atoms with E-state index in [0.29, 0.717) is 18.5 Å². The smallest absolute Gasteiger partial charge is 0.326 e. The Hall–Kier alpha value is -3.22. The molecule has 0 aliphatic heterocycles. The van der Waals surface area contributed by atoms with Crippen LogP contribution in [-0.2, 0) is 11.3 Å². The number of nitrogens with zero attached hydrogens (tertiary/aromatic N) is 3. The van der Waals surface area contributed by atoms with Gasteiger partial charge in [-0.1, -0.05) is 36.4 Å². The van der Waals surface area contributed by atoms with Crippen LogP contribution in [0, 0.1) is 0 Å². The van der Waals surface area contributed by atoms with E-state index in [1.807, 2.05) is 30.3 Å². The minimum Gasteiger partial charge on any atom is -0.480 e. The van der Waals surface area contributed by atoms with E-state index in [-0.39, 0.29) is 0 Å². The summed E-state index contributed by atoms with van der Waals surface area (Å²) in [4.78, 5) is 23.3. The summed E-state index contributed by atoms with van der Waals surface area (Å²) >= 11 is 0. The molecular formula is C18H18N4O3. The van der Waals surface area contributed by atoms with Gasteiger partial charge in [0, 0.05) is 5.56 Å². The van der Waals surface area contributed by atoms with Crippen LogP contribution in [0.4, 0.5) is 0 Å². The maximum absolute atomic E-state index is 12.3. The molecule has 2 aromatic carbocycles. The van der Waals surface area contributed by atoms with E-state index in [9.17, 15) is 9.59 Å². The summed E-state index contributed by atoms with van der Waals surface area (Å²) in [6.45, 7) is 2.18. The molecule has 1 atom stereocenters. The van der Waals surface area contributed by atoms with E-state index < -0.39 is 17.9 Å². The SMILES string of the molecule is CCC(NC(=O)c1cccc(Cn2nnc3ccccc32)c1)C(=O)O. The summed E-state index contributed by atoms with van der Waals surface area (Å²) in [5.41, 5.74) is 3.02. The first kappa shape index (κ1) is 16.6. The number of benzene rings is 2.